The Morgan fingerprint density at radius 1 is 1.17 bits per heavy atom. The Kier molecular flexibility index (Phi) is 6.21. The van der Waals surface area contributed by atoms with Crippen LogP contribution in [0.5, 0.6) is 5.75 Å². The van der Waals surface area contributed by atoms with Gasteiger partial charge in [0.1, 0.15) is 11.3 Å². The van der Waals surface area contributed by atoms with Gasteiger partial charge in [-0.1, -0.05) is 23.7 Å². The summed E-state index contributed by atoms with van der Waals surface area (Å²) in [5, 5.41) is 3.27. The number of hydrogen-bond acceptors (Lipinski definition) is 4. The number of benzene rings is 2. The van der Waals surface area contributed by atoms with Crippen LogP contribution in [0.25, 0.3) is 0 Å². The molecule has 126 valence electrons. The molecule has 0 radical (unpaired) electrons. The van der Waals surface area contributed by atoms with Crippen molar-refractivity contribution in [3.63, 3.8) is 0 Å². The summed E-state index contributed by atoms with van der Waals surface area (Å²) in [6.45, 7) is 3.69. The van der Waals surface area contributed by atoms with Crippen molar-refractivity contribution in [3.05, 3.63) is 58.6 Å². The lowest BCUT2D eigenvalue weighted by Gasteiger charge is -2.11. The second-order valence-corrected chi connectivity index (χ2v) is 5.45. The van der Waals surface area contributed by atoms with E-state index in [1.54, 1.807) is 42.5 Å². The summed E-state index contributed by atoms with van der Waals surface area (Å²) in [6.07, 6.45) is 0. The zero-order chi connectivity index (χ0) is 17.5. The monoisotopic (exact) mass is 347 g/mol. The van der Waals surface area contributed by atoms with Gasteiger partial charge in [0.2, 0.25) is 0 Å². The van der Waals surface area contributed by atoms with Gasteiger partial charge in [0, 0.05) is 10.7 Å². The highest BCUT2D eigenvalue weighted by Gasteiger charge is 2.15. The van der Waals surface area contributed by atoms with E-state index >= 15 is 0 Å². The van der Waals surface area contributed by atoms with Crippen molar-refractivity contribution in [1.82, 2.24) is 0 Å². The first-order chi connectivity index (χ1) is 11.5. The third-order valence-corrected chi connectivity index (χ3v) is 3.44. The number of amides is 1. The van der Waals surface area contributed by atoms with Crippen LogP contribution in [0.4, 0.5) is 5.69 Å². The van der Waals surface area contributed by atoms with Gasteiger partial charge in [-0.15, -0.1) is 0 Å². The van der Waals surface area contributed by atoms with Gasteiger partial charge in [-0.25, -0.2) is 4.79 Å². The van der Waals surface area contributed by atoms with Gasteiger partial charge in [-0.2, -0.15) is 0 Å². The molecule has 2 rings (SSSR count). The number of hydrogen-bond donors (Lipinski definition) is 1. The minimum atomic E-state index is -0.609. The number of halogens is 1. The van der Waals surface area contributed by atoms with E-state index in [1.165, 1.54) is 0 Å². The second-order valence-electron chi connectivity index (χ2n) is 5.01. The fourth-order valence-electron chi connectivity index (χ4n) is 2.08. The molecule has 24 heavy (non-hydrogen) atoms. The molecule has 0 heterocycles. The minimum absolute atomic E-state index is 0.287. The van der Waals surface area contributed by atoms with E-state index in [-0.39, 0.29) is 12.2 Å². The molecule has 0 bridgehead atoms. The zero-order valence-corrected chi connectivity index (χ0v) is 14.2. The normalized spacial score (nSPS) is 10.1. The quantitative estimate of drug-likeness (QED) is 0.806. The van der Waals surface area contributed by atoms with Gasteiger partial charge in [0.05, 0.1) is 6.61 Å². The van der Waals surface area contributed by atoms with Crippen LogP contribution in [0.1, 0.15) is 22.8 Å². The highest BCUT2D eigenvalue weighted by molar-refractivity contribution is 6.30. The Morgan fingerprint density at radius 3 is 2.62 bits per heavy atom. The maximum atomic E-state index is 12.1. The SMILES string of the molecule is CCOc1ccccc1C(=O)OCC(=O)Nc1ccc(Cl)cc1C. The van der Waals surface area contributed by atoms with Crippen molar-refractivity contribution in [2.24, 2.45) is 0 Å². The topological polar surface area (TPSA) is 64.6 Å². The Balaban J connectivity index is 1.95. The maximum Gasteiger partial charge on any atom is 0.342 e. The van der Waals surface area contributed by atoms with Crippen molar-refractivity contribution in [2.75, 3.05) is 18.5 Å². The lowest BCUT2D eigenvalue weighted by atomic mass is 10.2. The summed E-state index contributed by atoms with van der Waals surface area (Å²) in [6, 6.07) is 11.8. The molecule has 6 heteroatoms. The van der Waals surface area contributed by atoms with Gasteiger partial charge >= 0.3 is 5.97 Å². The fraction of sp³-hybridized carbons (Fsp3) is 0.222. The molecule has 0 unspecified atom stereocenters. The van der Waals surface area contributed by atoms with Crippen LogP contribution in [0.15, 0.2) is 42.5 Å². The van der Waals surface area contributed by atoms with E-state index in [2.05, 4.69) is 5.32 Å². The van der Waals surface area contributed by atoms with Crippen molar-refractivity contribution < 1.29 is 19.1 Å². The highest BCUT2D eigenvalue weighted by atomic mass is 35.5. The molecule has 1 N–H and O–H groups in total. The van der Waals surface area contributed by atoms with Crippen LogP contribution in [0, 0.1) is 6.92 Å². The Labute approximate surface area is 145 Å². The van der Waals surface area contributed by atoms with Gasteiger partial charge in [0.15, 0.2) is 6.61 Å². The summed E-state index contributed by atoms with van der Waals surface area (Å²) in [4.78, 5) is 24.1. The number of aryl methyl sites for hydroxylation is 1. The smallest absolute Gasteiger partial charge is 0.342 e. The number of ether oxygens (including phenoxy) is 2. The Hall–Kier alpha value is -2.53. The van der Waals surface area contributed by atoms with Crippen LogP contribution in [0.2, 0.25) is 5.02 Å². The zero-order valence-electron chi connectivity index (χ0n) is 13.5. The van der Waals surface area contributed by atoms with Crippen LogP contribution in [-0.4, -0.2) is 25.1 Å². The molecule has 0 aliphatic rings. The number of carbonyl (C=O) groups is 2. The Morgan fingerprint density at radius 2 is 1.92 bits per heavy atom. The molecule has 0 saturated heterocycles. The first-order valence-corrected chi connectivity index (χ1v) is 7.84. The third-order valence-electron chi connectivity index (χ3n) is 3.20. The molecule has 0 aromatic heterocycles. The molecule has 0 spiro atoms. The predicted octanol–water partition coefficient (Wildman–Crippen LogP) is 3.84. The summed E-state index contributed by atoms with van der Waals surface area (Å²) in [5.74, 6) is -0.608. The molecule has 0 atom stereocenters. The molecular formula is C18H18ClNO4. The largest absolute Gasteiger partial charge is 0.493 e. The standard InChI is InChI=1S/C18H18ClNO4/c1-3-23-16-7-5-4-6-14(16)18(22)24-11-17(21)20-15-9-8-13(19)10-12(15)2/h4-10H,3,11H2,1-2H3,(H,20,21). The van der Waals surface area contributed by atoms with Gasteiger partial charge in [-0.3, -0.25) is 4.79 Å². The maximum absolute atomic E-state index is 12.1. The van der Waals surface area contributed by atoms with Gasteiger partial charge in [-0.05, 0) is 49.7 Å². The van der Waals surface area contributed by atoms with E-state index in [0.717, 1.165) is 5.56 Å². The second kappa shape index (κ2) is 8.36. The summed E-state index contributed by atoms with van der Waals surface area (Å²) < 4.78 is 10.4. The first kappa shape index (κ1) is 17.8. The molecule has 0 fully saturated rings. The summed E-state index contributed by atoms with van der Waals surface area (Å²) in [7, 11) is 0. The van der Waals surface area contributed by atoms with Gasteiger partial charge < -0.3 is 14.8 Å². The molecule has 5 nitrogen and oxygen atoms in total. The Bertz CT molecular complexity index is 746. The average Bonchev–Trinajstić information content (AvgIpc) is 2.56. The molecule has 0 aliphatic carbocycles. The van der Waals surface area contributed by atoms with Crippen molar-refractivity contribution >= 4 is 29.2 Å². The van der Waals surface area contributed by atoms with E-state index in [0.29, 0.717) is 23.1 Å². The van der Waals surface area contributed by atoms with E-state index < -0.39 is 11.9 Å². The van der Waals surface area contributed by atoms with Crippen molar-refractivity contribution in [2.45, 2.75) is 13.8 Å². The van der Waals surface area contributed by atoms with Crippen LogP contribution in [0.3, 0.4) is 0 Å². The number of para-hydroxylation sites is 1. The molecule has 2 aromatic rings. The molecule has 1 amide bonds. The summed E-state index contributed by atoms with van der Waals surface area (Å²) >= 11 is 5.87. The highest BCUT2D eigenvalue weighted by Crippen LogP contribution is 2.20. The van der Waals surface area contributed by atoms with E-state index in [4.69, 9.17) is 21.1 Å². The van der Waals surface area contributed by atoms with Crippen molar-refractivity contribution in [3.8, 4) is 5.75 Å². The lowest BCUT2D eigenvalue weighted by molar-refractivity contribution is -0.119. The lowest BCUT2D eigenvalue weighted by Crippen LogP contribution is -2.21. The molecular weight excluding hydrogens is 330 g/mol. The third kappa shape index (κ3) is 4.73. The summed E-state index contributed by atoms with van der Waals surface area (Å²) in [5.41, 5.74) is 1.73. The number of nitrogens with one attached hydrogen (secondary N) is 1. The van der Waals surface area contributed by atoms with E-state index in [9.17, 15) is 9.59 Å². The van der Waals surface area contributed by atoms with Crippen LogP contribution in [-0.2, 0) is 9.53 Å². The van der Waals surface area contributed by atoms with Gasteiger partial charge in [0.25, 0.3) is 5.91 Å². The van der Waals surface area contributed by atoms with Crippen molar-refractivity contribution in [1.29, 1.82) is 0 Å². The number of anilines is 1. The molecule has 0 saturated carbocycles. The minimum Gasteiger partial charge on any atom is -0.493 e. The first-order valence-electron chi connectivity index (χ1n) is 7.46. The number of rotatable bonds is 6. The predicted molar refractivity (Wildman–Crippen MR) is 92.7 cm³/mol. The van der Waals surface area contributed by atoms with Crippen LogP contribution < -0.4 is 10.1 Å². The molecule has 2 aromatic carbocycles. The molecule has 0 aliphatic heterocycles. The number of esters is 1. The van der Waals surface area contributed by atoms with Crippen LogP contribution >= 0.6 is 11.6 Å². The fourth-order valence-corrected chi connectivity index (χ4v) is 2.31. The van der Waals surface area contributed by atoms with E-state index in [1.807, 2.05) is 13.8 Å². The average molecular weight is 348 g/mol. The number of carbonyl (C=O) groups excluding carboxylic acids is 2.